The molecule has 0 radical (unpaired) electrons. The van der Waals surface area contributed by atoms with Crippen LogP contribution in [0, 0.1) is 15.5 Å². The van der Waals surface area contributed by atoms with Crippen LogP contribution in [0.1, 0.15) is 12.8 Å². The molecule has 0 saturated carbocycles. The Hall–Kier alpha value is -2.74. The van der Waals surface area contributed by atoms with E-state index in [1.807, 2.05) is 0 Å². The average Bonchev–Trinajstić information content (AvgIpc) is 2.60. The van der Waals surface area contributed by atoms with Gasteiger partial charge in [0.2, 0.25) is 5.91 Å². The highest BCUT2D eigenvalue weighted by molar-refractivity contribution is 5.83. The number of carbonyl (C=O) groups excluding carboxylic acids is 1. The molecule has 1 fully saturated rings. The number of nitro benzene ring substituents is 1. The third-order valence-electron chi connectivity index (χ3n) is 4.46. The lowest BCUT2D eigenvalue weighted by Crippen LogP contribution is -2.46. The molecule has 1 aromatic carbocycles. The van der Waals surface area contributed by atoms with Crippen molar-refractivity contribution >= 4 is 28.3 Å². The van der Waals surface area contributed by atoms with E-state index in [2.05, 4.69) is 10.3 Å². The van der Waals surface area contributed by atoms with Gasteiger partial charge in [0.25, 0.3) is 5.69 Å². The number of nitro groups is 1. The fourth-order valence-corrected chi connectivity index (χ4v) is 2.86. The molecule has 2 aromatic rings. The molecule has 0 aliphatic carbocycles. The first-order valence-corrected chi connectivity index (χ1v) is 7.67. The molecule has 1 aliphatic heterocycles. The van der Waals surface area contributed by atoms with Crippen LogP contribution in [0.5, 0.6) is 0 Å². The minimum Gasteiger partial charge on any atom is -0.381 e. The Labute approximate surface area is 138 Å². The molecule has 0 atom stereocenters. The Morgan fingerprint density at radius 2 is 2.08 bits per heavy atom. The molecule has 0 spiro atoms. The van der Waals surface area contributed by atoms with Gasteiger partial charge in [-0.2, -0.15) is 0 Å². The molecule has 3 rings (SSSR count). The second kappa shape index (κ2) is 6.40. The standard InChI is InChI=1S/C16H18N4O4/c17-15(21)16(5-7-24-8-6-16)10-18-14-4-1-11-9-12(20(22)23)2-3-13(11)19-14/h1-4,9H,5-8,10H2,(H2,17,21)(H,18,19). The predicted octanol–water partition coefficient (Wildman–Crippen LogP) is 1.84. The van der Waals surface area contributed by atoms with Crippen LogP contribution in [0.15, 0.2) is 30.3 Å². The Morgan fingerprint density at radius 1 is 1.33 bits per heavy atom. The molecule has 1 saturated heterocycles. The van der Waals surface area contributed by atoms with Crippen LogP contribution >= 0.6 is 0 Å². The van der Waals surface area contributed by atoms with Gasteiger partial charge >= 0.3 is 0 Å². The molecule has 1 aromatic heterocycles. The highest BCUT2D eigenvalue weighted by Crippen LogP contribution is 2.30. The molecule has 8 nitrogen and oxygen atoms in total. The minimum absolute atomic E-state index is 0.0277. The van der Waals surface area contributed by atoms with Gasteiger partial charge in [0.1, 0.15) is 5.82 Å². The lowest BCUT2D eigenvalue weighted by atomic mass is 9.79. The molecular formula is C16H18N4O4. The zero-order valence-electron chi connectivity index (χ0n) is 13.0. The Balaban J connectivity index is 1.78. The number of anilines is 1. The molecule has 126 valence electrons. The van der Waals surface area contributed by atoms with Crippen molar-refractivity contribution in [1.29, 1.82) is 0 Å². The molecular weight excluding hydrogens is 312 g/mol. The zero-order chi connectivity index (χ0) is 17.2. The number of amides is 1. The normalized spacial score (nSPS) is 16.7. The molecule has 3 N–H and O–H groups in total. The molecule has 1 amide bonds. The second-order valence-electron chi connectivity index (χ2n) is 5.94. The number of hydrogen-bond acceptors (Lipinski definition) is 6. The summed E-state index contributed by atoms with van der Waals surface area (Å²) in [7, 11) is 0. The third kappa shape index (κ3) is 3.13. The van der Waals surface area contributed by atoms with Crippen molar-refractivity contribution in [2.45, 2.75) is 12.8 Å². The van der Waals surface area contributed by atoms with Gasteiger partial charge < -0.3 is 15.8 Å². The number of hydrogen-bond donors (Lipinski definition) is 2. The molecule has 1 aliphatic rings. The first-order valence-electron chi connectivity index (χ1n) is 7.67. The Kier molecular flexibility index (Phi) is 4.30. The van der Waals surface area contributed by atoms with E-state index in [0.717, 1.165) is 0 Å². The summed E-state index contributed by atoms with van der Waals surface area (Å²) in [6.45, 7) is 1.41. The summed E-state index contributed by atoms with van der Waals surface area (Å²) in [6.07, 6.45) is 1.16. The summed E-state index contributed by atoms with van der Waals surface area (Å²) in [5, 5.41) is 14.7. The summed E-state index contributed by atoms with van der Waals surface area (Å²) in [5.74, 6) is 0.262. The van der Waals surface area contributed by atoms with Crippen molar-refractivity contribution < 1.29 is 14.5 Å². The van der Waals surface area contributed by atoms with Crippen LogP contribution in [0.25, 0.3) is 10.9 Å². The van der Waals surface area contributed by atoms with E-state index < -0.39 is 10.3 Å². The van der Waals surface area contributed by atoms with Crippen LogP contribution in [-0.2, 0) is 9.53 Å². The van der Waals surface area contributed by atoms with Gasteiger partial charge in [-0.15, -0.1) is 0 Å². The first kappa shape index (κ1) is 16.1. The SMILES string of the molecule is NC(=O)C1(CNc2ccc3cc([N+](=O)[O-])ccc3n2)CCOCC1. The van der Waals surface area contributed by atoms with Gasteiger partial charge in [-0.25, -0.2) is 4.98 Å². The first-order chi connectivity index (χ1) is 11.5. The van der Waals surface area contributed by atoms with Crippen LogP contribution in [0.2, 0.25) is 0 Å². The number of aromatic nitrogens is 1. The van der Waals surface area contributed by atoms with E-state index in [1.165, 1.54) is 12.1 Å². The lowest BCUT2D eigenvalue weighted by molar-refractivity contribution is -0.384. The molecule has 24 heavy (non-hydrogen) atoms. The maximum atomic E-state index is 11.9. The summed E-state index contributed by atoms with van der Waals surface area (Å²) in [4.78, 5) is 26.7. The van der Waals surface area contributed by atoms with Crippen LogP contribution in [0.4, 0.5) is 11.5 Å². The monoisotopic (exact) mass is 330 g/mol. The van der Waals surface area contributed by atoms with Crippen molar-refractivity contribution in [2.24, 2.45) is 11.1 Å². The summed E-state index contributed by atoms with van der Waals surface area (Å²) < 4.78 is 5.31. The fourth-order valence-electron chi connectivity index (χ4n) is 2.86. The summed E-state index contributed by atoms with van der Waals surface area (Å²) in [6, 6.07) is 8.01. The van der Waals surface area contributed by atoms with E-state index in [9.17, 15) is 14.9 Å². The number of nitrogens with two attached hydrogens (primary N) is 1. The molecule has 0 unspecified atom stereocenters. The number of non-ortho nitro benzene ring substituents is 1. The summed E-state index contributed by atoms with van der Waals surface area (Å²) >= 11 is 0. The predicted molar refractivity (Wildman–Crippen MR) is 88.6 cm³/mol. The quantitative estimate of drug-likeness (QED) is 0.637. The zero-order valence-corrected chi connectivity index (χ0v) is 13.0. The number of carbonyl (C=O) groups is 1. The van der Waals surface area contributed by atoms with Gasteiger partial charge in [0.15, 0.2) is 0 Å². The lowest BCUT2D eigenvalue weighted by Gasteiger charge is -2.34. The van der Waals surface area contributed by atoms with E-state index in [0.29, 0.717) is 49.3 Å². The molecule has 8 heteroatoms. The van der Waals surface area contributed by atoms with E-state index in [4.69, 9.17) is 10.5 Å². The Morgan fingerprint density at radius 3 is 2.75 bits per heavy atom. The number of nitrogens with zero attached hydrogens (tertiary/aromatic N) is 2. The fraction of sp³-hybridized carbons (Fsp3) is 0.375. The number of ether oxygens (including phenoxy) is 1. The number of primary amides is 1. The number of fused-ring (bicyclic) bond motifs is 1. The van der Waals surface area contributed by atoms with E-state index in [1.54, 1.807) is 18.2 Å². The van der Waals surface area contributed by atoms with E-state index >= 15 is 0 Å². The average molecular weight is 330 g/mol. The molecule has 0 bridgehead atoms. The smallest absolute Gasteiger partial charge is 0.270 e. The van der Waals surface area contributed by atoms with Gasteiger partial charge in [0.05, 0.1) is 15.9 Å². The van der Waals surface area contributed by atoms with Crippen LogP contribution < -0.4 is 11.1 Å². The number of benzene rings is 1. The third-order valence-corrected chi connectivity index (χ3v) is 4.46. The van der Waals surface area contributed by atoms with Crippen LogP contribution in [-0.4, -0.2) is 35.6 Å². The number of pyridine rings is 1. The highest BCUT2D eigenvalue weighted by Gasteiger charge is 2.38. The van der Waals surface area contributed by atoms with Gasteiger partial charge in [0, 0.05) is 37.3 Å². The van der Waals surface area contributed by atoms with Crippen molar-refractivity contribution in [1.82, 2.24) is 4.98 Å². The Bertz CT molecular complexity index is 787. The highest BCUT2D eigenvalue weighted by atomic mass is 16.6. The van der Waals surface area contributed by atoms with Crippen molar-refractivity contribution in [3.63, 3.8) is 0 Å². The van der Waals surface area contributed by atoms with Crippen molar-refractivity contribution in [3.05, 3.63) is 40.4 Å². The number of nitrogens with one attached hydrogen (secondary N) is 1. The van der Waals surface area contributed by atoms with Gasteiger partial charge in [-0.05, 0) is 31.0 Å². The molecule has 2 heterocycles. The summed E-state index contributed by atoms with van der Waals surface area (Å²) in [5.41, 5.74) is 5.62. The maximum absolute atomic E-state index is 11.9. The van der Waals surface area contributed by atoms with Crippen molar-refractivity contribution in [3.8, 4) is 0 Å². The minimum atomic E-state index is -0.635. The largest absolute Gasteiger partial charge is 0.381 e. The second-order valence-corrected chi connectivity index (χ2v) is 5.94. The van der Waals surface area contributed by atoms with Crippen LogP contribution in [0.3, 0.4) is 0 Å². The number of rotatable bonds is 5. The van der Waals surface area contributed by atoms with Crippen molar-refractivity contribution in [2.75, 3.05) is 25.1 Å². The van der Waals surface area contributed by atoms with E-state index in [-0.39, 0.29) is 11.6 Å². The van der Waals surface area contributed by atoms with Gasteiger partial charge in [-0.3, -0.25) is 14.9 Å². The topological polar surface area (TPSA) is 120 Å². The maximum Gasteiger partial charge on any atom is 0.270 e. The van der Waals surface area contributed by atoms with Gasteiger partial charge in [-0.1, -0.05) is 0 Å².